The van der Waals surface area contributed by atoms with Gasteiger partial charge in [0.05, 0.1) is 6.54 Å². The molecule has 2 fully saturated rings. The summed E-state index contributed by atoms with van der Waals surface area (Å²) in [5.41, 5.74) is 5.53. The molecule has 0 spiro atoms. The van der Waals surface area contributed by atoms with E-state index in [0.29, 0.717) is 19.1 Å². The van der Waals surface area contributed by atoms with Crippen LogP contribution in [0.1, 0.15) is 32.1 Å². The van der Waals surface area contributed by atoms with Crippen molar-refractivity contribution in [3.63, 3.8) is 0 Å². The van der Waals surface area contributed by atoms with Gasteiger partial charge >= 0.3 is 0 Å². The number of amides is 1. The monoisotopic (exact) mass is 211 g/mol. The highest BCUT2D eigenvalue weighted by Gasteiger charge is 2.30. The second-order valence-electron chi connectivity index (χ2n) is 4.71. The summed E-state index contributed by atoms with van der Waals surface area (Å²) < 4.78 is 0. The first-order chi connectivity index (χ1) is 7.29. The molecule has 1 atom stereocenters. The highest BCUT2D eigenvalue weighted by Crippen LogP contribution is 2.24. The normalized spacial score (nSPS) is 29.4. The molecule has 0 aromatic carbocycles. The van der Waals surface area contributed by atoms with Gasteiger partial charge in [-0.3, -0.25) is 9.69 Å². The van der Waals surface area contributed by atoms with E-state index in [0.717, 1.165) is 13.0 Å². The van der Waals surface area contributed by atoms with Gasteiger partial charge in [-0.2, -0.15) is 0 Å². The highest BCUT2D eigenvalue weighted by molar-refractivity contribution is 5.79. The summed E-state index contributed by atoms with van der Waals surface area (Å²) in [6.07, 6.45) is 6.08. The lowest BCUT2D eigenvalue weighted by Crippen LogP contribution is -2.56. The van der Waals surface area contributed by atoms with Crippen LogP contribution in [0.25, 0.3) is 0 Å². The maximum atomic E-state index is 11.5. The molecule has 0 bridgehead atoms. The van der Waals surface area contributed by atoms with Gasteiger partial charge in [-0.05, 0) is 25.8 Å². The third-order valence-electron chi connectivity index (χ3n) is 3.52. The number of hydrogen-bond acceptors (Lipinski definition) is 3. The molecule has 1 saturated heterocycles. The summed E-state index contributed by atoms with van der Waals surface area (Å²) in [4.78, 5) is 13.9. The zero-order valence-corrected chi connectivity index (χ0v) is 9.24. The molecule has 86 valence electrons. The largest absolute Gasteiger partial charge is 0.351 e. The van der Waals surface area contributed by atoms with E-state index in [1.807, 2.05) is 0 Å². The summed E-state index contributed by atoms with van der Waals surface area (Å²) in [7, 11) is 0. The molecule has 1 aliphatic heterocycles. The molecule has 15 heavy (non-hydrogen) atoms. The fourth-order valence-corrected chi connectivity index (χ4v) is 2.76. The number of piperazine rings is 1. The van der Waals surface area contributed by atoms with Crippen LogP contribution < -0.4 is 11.1 Å². The maximum Gasteiger partial charge on any atom is 0.234 e. The first-order valence-electron chi connectivity index (χ1n) is 6.03. The predicted octanol–water partition coefficient (Wildman–Crippen LogP) is 0.0782. The van der Waals surface area contributed by atoms with E-state index in [4.69, 9.17) is 5.73 Å². The Labute approximate surface area is 91.2 Å². The SMILES string of the molecule is NCCC1CN(C2CCCC2)CC(=O)N1. The number of nitrogens with one attached hydrogen (secondary N) is 1. The first-order valence-corrected chi connectivity index (χ1v) is 6.03. The van der Waals surface area contributed by atoms with Crippen LogP contribution in [-0.4, -0.2) is 42.5 Å². The van der Waals surface area contributed by atoms with E-state index < -0.39 is 0 Å². The Morgan fingerprint density at radius 3 is 2.80 bits per heavy atom. The van der Waals surface area contributed by atoms with Crippen molar-refractivity contribution in [2.45, 2.75) is 44.2 Å². The molecule has 2 rings (SSSR count). The quantitative estimate of drug-likeness (QED) is 0.695. The number of nitrogens with two attached hydrogens (primary N) is 1. The van der Waals surface area contributed by atoms with E-state index >= 15 is 0 Å². The molecule has 0 aromatic rings. The topological polar surface area (TPSA) is 58.4 Å². The molecule has 4 nitrogen and oxygen atoms in total. The molecule has 1 saturated carbocycles. The molecule has 4 heteroatoms. The number of hydrogen-bond donors (Lipinski definition) is 2. The van der Waals surface area contributed by atoms with Crippen molar-refractivity contribution in [2.24, 2.45) is 5.73 Å². The summed E-state index contributed by atoms with van der Waals surface area (Å²) in [5, 5.41) is 3.01. The van der Waals surface area contributed by atoms with E-state index in [9.17, 15) is 4.79 Å². The smallest absolute Gasteiger partial charge is 0.234 e. The van der Waals surface area contributed by atoms with Crippen LogP contribution in [0, 0.1) is 0 Å². The molecular formula is C11H21N3O. The summed E-state index contributed by atoms with van der Waals surface area (Å²) >= 11 is 0. The van der Waals surface area contributed by atoms with Crippen LogP contribution >= 0.6 is 0 Å². The molecule has 0 radical (unpaired) electrons. The van der Waals surface area contributed by atoms with Crippen LogP contribution in [0.5, 0.6) is 0 Å². The lowest BCUT2D eigenvalue weighted by molar-refractivity contribution is -0.126. The predicted molar refractivity (Wildman–Crippen MR) is 59.4 cm³/mol. The van der Waals surface area contributed by atoms with Crippen molar-refractivity contribution in [3.05, 3.63) is 0 Å². The second-order valence-corrected chi connectivity index (χ2v) is 4.71. The summed E-state index contributed by atoms with van der Waals surface area (Å²) in [6.45, 7) is 2.24. The third-order valence-corrected chi connectivity index (χ3v) is 3.52. The van der Waals surface area contributed by atoms with Crippen molar-refractivity contribution in [1.82, 2.24) is 10.2 Å². The molecular weight excluding hydrogens is 190 g/mol. The molecule has 1 heterocycles. The van der Waals surface area contributed by atoms with Crippen molar-refractivity contribution in [3.8, 4) is 0 Å². The van der Waals surface area contributed by atoms with E-state index in [1.54, 1.807) is 0 Å². The Bertz CT molecular complexity index is 226. The Kier molecular flexibility index (Phi) is 3.59. The lowest BCUT2D eigenvalue weighted by Gasteiger charge is -2.36. The van der Waals surface area contributed by atoms with Crippen LogP contribution in [-0.2, 0) is 4.79 Å². The lowest BCUT2D eigenvalue weighted by atomic mass is 10.1. The molecule has 1 aliphatic carbocycles. The molecule has 1 unspecified atom stereocenters. The Morgan fingerprint density at radius 2 is 2.13 bits per heavy atom. The number of nitrogens with zero attached hydrogens (tertiary/aromatic N) is 1. The minimum absolute atomic E-state index is 0.173. The van der Waals surface area contributed by atoms with Gasteiger partial charge < -0.3 is 11.1 Å². The van der Waals surface area contributed by atoms with Gasteiger partial charge in [0.15, 0.2) is 0 Å². The fourth-order valence-electron chi connectivity index (χ4n) is 2.76. The van der Waals surface area contributed by atoms with Crippen molar-refractivity contribution in [2.75, 3.05) is 19.6 Å². The number of carbonyl (C=O) groups is 1. The van der Waals surface area contributed by atoms with Gasteiger partial charge in [0.2, 0.25) is 5.91 Å². The van der Waals surface area contributed by atoms with Crippen LogP contribution in [0.4, 0.5) is 0 Å². The minimum Gasteiger partial charge on any atom is -0.351 e. The average molecular weight is 211 g/mol. The maximum absolute atomic E-state index is 11.5. The second kappa shape index (κ2) is 4.94. The van der Waals surface area contributed by atoms with Gasteiger partial charge in [0, 0.05) is 18.6 Å². The van der Waals surface area contributed by atoms with Gasteiger partial charge in [-0.1, -0.05) is 12.8 Å². The van der Waals surface area contributed by atoms with E-state index in [-0.39, 0.29) is 11.9 Å². The zero-order chi connectivity index (χ0) is 10.7. The third kappa shape index (κ3) is 2.69. The molecule has 0 aromatic heterocycles. The molecule has 1 amide bonds. The first kappa shape index (κ1) is 10.9. The molecule has 2 aliphatic rings. The van der Waals surface area contributed by atoms with Crippen LogP contribution in [0.15, 0.2) is 0 Å². The summed E-state index contributed by atoms with van der Waals surface area (Å²) in [6, 6.07) is 0.924. The number of carbonyl (C=O) groups excluding carboxylic acids is 1. The average Bonchev–Trinajstić information content (AvgIpc) is 2.70. The van der Waals surface area contributed by atoms with Crippen LogP contribution in [0.3, 0.4) is 0 Å². The van der Waals surface area contributed by atoms with Gasteiger partial charge in [0.1, 0.15) is 0 Å². The van der Waals surface area contributed by atoms with Crippen molar-refractivity contribution >= 4 is 5.91 Å². The Morgan fingerprint density at radius 1 is 1.40 bits per heavy atom. The van der Waals surface area contributed by atoms with E-state index in [1.165, 1.54) is 25.7 Å². The van der Waals surface area contributed by atoms with Crippen molar-refractivity contribution in [1.29, 1.82) is 0 Å². The Hall–Kier alpha value is -0.610. The van der Waals surface area contributed by atoms with Gasteiger partial charge in [0.25, 0.3) is 0 Å². The molecule has 3 N–H and O–H groups in total. The van der Waals surface area contributed by atoms with Crippen LogP contribution in [0.2, 0.25) is 0 Å². The van der Waals surface area contributed by atoms with Gasteiger partial charge in [-0.15, -0.1) is 0 Å². The Balaban J connectivity index is 1.90. The zero-order valence-electron chi connectivity index (χ0n) is 9.24. The fraction of sp³-hybridized carbons (Fsp3) is 0.909. The van der Waals surface area contributed by atoms with Gasteiger partial charge in [-0.25, -0.2) is 0 Å². The number of rotatable bonds is 3. The highest BCUT2D eigenvalue weighted by atomic mass is 16.2. The van der Waals surface area contributed by atoms with Crippen molar-refractivity contribution < 1.29 is 4.79 Å². The minimum atomic E-state index is 0.173. The standard InChI is InChI=1S/C11H21N3O/c12-6-5-9-7-14(8-11(15)13-9)10-3-1-2-4-10/h9-10H,1-8,12H2,(H,13,15). The summed E-state index contributed by atoms with van der Waals surface area (Å²) in [5.74, 6) is 0.173. The van der Waals surface area contributed by atoms with E-state index in [2.05, 4.69) is 10.2 Å².